The van der Waals surface area contributed by atoms with E-state index in [1.807, 2.05) is 0 Å². The average Bonchev–Trinajstić information content (AvgIpc) is 2.33. The Morgan fingerprint density at radius 1 is 1.44 bits per heavy atom. The number of thioether (sulfide) groups is 1. The number of ether oxygens (including phenoxy) is 1. The van der Waals surface area contributed by atoms with E-state index in [1.54, 1.807) is 30.0 Å². The molecule has 1 aliphatic rings. The molecule has 2 nitrogen and oxygen atoms in total. The van der Waals surface area contributed by atoms with Gasteiger partial charge in [0.15, 0.2) is 5.78 Å². The molecule has 1 aromatic rings. The third kappa shape index (κ3) is 2.54. The summed E-state index contributed by atoms with van der Waals surface area (Å²) in [6.07, 6.45) is -0.394. The predicted octanol–water partition coefficient (Wildman–Crippen LogP) is 3.31. The lowest BCUT2D eigenvalue weighted by atomic mass is 10.1. The Morgan fingerprint density at radius 2 is 2.25 bits per heavy atom. The highest BCUT2D eigenvalue weighted by Crippen LogP contribution is 2.28. The summed E-state index contributed by atoms with van der Waals surface area (Å²) in [4.78, 5) is 12.1. The second-order valence-corrected chi connectivity index (χ2v) is 5.33. The maximum Gasteiger partial charge on any atom is 0.193 e. The quantitative estimate of drug-likeness (QED) is 0.776. The molecule has 0 aliphatic carbocycles. The highest BCUT2D eigenvalue weighted by Gasteiger charge is 2.25. The highest BCUT2D eigenvalue weighted by molar-refractivity contribution is 7.99. The van der Waals surface area contributed by atoms with E-state index < -0.39 is 6.10 Å². The molecule has 0 amide bonds. The smallest absolute Gasteiger partial charge is 0.193 e. The Balaban J connectivity index is 2.22. The molecule has 2 rings (SSSR count). The number of hydrogen-bond acceptors (Lipinski definition) is 3. The molecule has 1 unspecified atom stereocenters. The monoisotopic (exact) mass is 276 g/mol. The second kappa shape index (κ2) is 5.41. The van der Waals surface area contributed by atoms with Gasteiger partial charge in [-0.25, -0.2) is 0 Å². The van der Waals surface area contributed by atoms with Crippen molar-refractivity contribution in [1.82, 2.24) is 0 Å². The minimum absolute atomic E-state index is 0.0836. The van der Waals surface area contributed by atoms with E-state index in [4.69, 9.17) is 27.9 Å². The normalized spacial score (nSPS) is 20.8. The summed E-state index contributed by atoms with van der Waals surface area (Å²) in [5.41, 5.74) is 0.446. The molecule has 0 radical (unpaired) electrons. The van der Waals surface area contributed by atoms with Crippen LogP contribution in [0, 0.1) is 0 Å². The predicted molar refractivity (Wildman–Crippen MR) is 67.9 cm³/mol. The van der Waals surface area contributed by atoms with Crippen LogP contribution in [0.5, 0.6) is 0 Å². The molecule has 16 heavy (non-hydrogen) atoms. The van der Waals surface area contributed by atoms with Gasteiger partial charge in [-0.3, -0.25) is 4.79 Å². The molecule has 5 heteroatoms. The van der Waals surface area contributed by atoms with Gasteiger partial charge in [-0.15, -0.1) is 0 Å². The Labute approximate surface area is 108 Å². The number of Topliss-reactive ketones (excluding diaryl/α,β-unsaturated/α-hetero) is 1. The van der Waals surface area contributed by atoms with Crippen molar-refractivity contribution in [1.29, 1.82) is 0 Å². The lowest BCUT2D eigenvalue weighted by molar-refractivity contribution is 0.0519. The van der Waals surface area contributed by atoms with Gasteiger partial charge in [-0.2, -0.15) is 11.8 Å². The number of carbonyl (C=O) groups excluding carboxylic acids is 1. The van der Waals surface area contributed by atoms with Crippen LogP contribution in [0.15, 0.2) is 18.2 Å². The van der Waals surface area contributed by atoms with Gasteiger partial charge in [-0.05, 0) is 12.1 Å². The van der Waals surface area contributed by atoms with Crippen LogP contribution in [0.4, 0.5) is 0 Å². The van der Waals surface area contributed by atoms with Gasteiger partial charge in [0, 0.05) is 17.1 Å². The molecule has 1 heterocycles. The molecular formula is C11H10Cl2O2S. The van der Waals surface area contributed by atoms with Crippen molar-refractivity contribution in [2.45, 2.75) is 6.10 Å². The average molecular weight is 277 g/mol. The fourth-order valence-electron chi connectivity index (χ4n) is 1.51. The molecule has 0 spiro atoms. The Morgan fingerprint density at radius 3 is 2.94 bits per heavy atom. The van der Waals surface area contributed by atoms with E-state index in [9.17, 15) is 4.79 Å². The molecule has 1 aromatic carbocycles. The summed E-state index contributed by atoms with van der Waals surface area (Å²) in [5, 5.41) is 0.712. The summed E-state index contributed by atoms with van der Waals surface area (Å²) in [7, 11) is 0. The Hall–Kier alpha value is -0.220. The minimum atomic E-state index is -0.394. The molecule has 1 atom stereocenters. The standard InChI is InChI=1S/C11H10Cl2O2S/c12-8-3-1-2-7(10(8)13)11(14)9-6-16-5-4-15-9/h1-3,9H,4-6H2. The Bertz CT molecular complexity index is 403. The zero-order valence-corrected chi connectivity index (χ0v) is 10.7. The molecule has 0 saturated carbocycles. The van der Waals surface area contributed by atoms with Crippen LogP contribution in [-0.2, 0) is 4.74 Å². The number of rotatable bonds is 2. The topological polar surface area (TPSA) is 26.3 Å². The molecule has 0 aromatic heterocycles. The summed E-state index contributed by atoms with van der Waals surface area (Å²) < 4.78 is 5.42. The fourth-order valence-corrected chi connectivity index (χ4v) is 2.74. The van der Waals surface area contributed by atoms with Crippen molar-refractivity contribution >= 4 is 40.7 Å². The number of hydrogen-bond donors (Lipinski definition) is 0. The summed E-state index contributed by atoms with van der Waals surface area (Å²) in [6, 6.07) is 5.06. The van der Waals surface area contributed by atoms with Crippen molar-refractivity contribution < 1.29 is 9.53 Å². The van der Waals surface area contributed by atoms with Crippen LogP contribution in [0.25, 0.3) is 0 Å². The zero-order valence-electron chi connectivity index (χ0n) is 8.41. The minimum Gasteiger partial charge on any atom is -0.368 e. The van der Waals surface area contributed by atoms with E-state index in [0.29, 0.717) is 28.0 Å². The first kappa shape index (κ1) is 12.2. The maximum atomic E-state index is 12.1. The summed E-state index contributed by atoms with van der Waals surface area (Å²) >= 11 is 13.6. The molecule has 1 aliphatic heterocycles. The summed E-state index contributed by atoms with van der Waals surface area (Å²) in [6.45, 7) is 0.610. The molecule has 86 valence electrons. The van der Waals surface area contributed by atoms with Gasteiger partial charge in [0.2, 0.25) is 0 Å². The molecule has 0 bridgehead atoms. The third-order valence-electron chi connectivity index (χ3n) is 2.33. The zero-order chi connectivity index (χ0) is 11.5. The maximum absolute atomic E-state index is 12.1. The second-order valence-electron chi connectivity index (χ2n) is 3.40. The van der Waals surface area contributed by atoms with Gasteiger partial charge in [-0.1, -0.05) is 29.3 Å². The van der Waals surface area contributed by atoms with E-state index in [1.165, 1.54) is 0 Å². The molecule has 0 N–H and O–H groups in total. The van der Waals surface area contributed by atoms with Crippen molar-refractivity contribution in [2.75, 3.05) is 18.1 Å². The SMILES string of the molecule is O=C(c1cccc(Cl)c1Cl)C1CSCCO1. The molecule has 1 saturated heterocycles. The van der Waals surface area contributed by atoms with Crippen LogP contribution in [0.1, 0.15) is 10.4 Å². The van der Waals surface area contributed by atoms with Gasteiger partial charge < -0.3 is 4.74 Å². The highest BCUT2D eigenvalue weighted by atomic mass is 35.5. The molecular weight excluding hydrogens is 267 g/mol. The molecule has 1 fully saturated rings. The number of benzene rings is 1. The lowest BCUT2D eigenvalue weighted by Gasteiger charge is -2.21. The number of ketones is 1. The van der Waals surface area contributed by atoms with Crippen molar-refractivity contribution in [3.63, 3.8) is 0 Å². The van der Waals surface area contributed by atoms with Gasteiger partial charge in [0.1, 0.15) is 6.10 Å². The van der Waals surface area contributed by atoms with Gasteiger partial charge >= 0.3 is 0 Å². The van der Waals surface area contributed by atoms with Crippen LogP contribution in [-0.4, -0.2) is 30.0 Å². The van der Waals surface area contributed by atoms with Crippen LogP contribution in [0.2, 0.25) is 10.0 Å². The van der Waals surface area contributed by atoms with Crippen molar-refractivity contribution in [2.24, 2.45) is 0 Å². The van der Waals surface area contributed by atoms with E-state index >= 15 is 0 Å². The first-order valence-electron chi connectivity index (χ1n) is 4.87. The van der Waals surface area contributed by atoms with E-state index in [-0.39, 0.29) is 5.78 Å². The third-order valence-corrected chi connectivity index (χ3v) is 4.14. The van der Waals surface area contributed by atoms with E-state index in [2.05, 4.69) is 0 Å². The first-order chi connectivity index (χ1) is 7.70. The van der Waals surface area contributed by atoms with Gasteiger partial charge in [0.05, 0.1) is 16.7 Å². The van der Waals surface area contributed by atoms with Gasteiger partial charge in [0.25, 0.3) is 0 Å². The summed E-state index contributed by atoms with van der Waals surface area (Å²) in [5.74, 6) is 1.54. The van der Waals surface area contributed by atoms with Crippen molar-refractivity contribution in [3.8, 4) is 0 Å². The first-order valence-corrected chi connectivity index (χ1v) is 6.79. The van der Waals surface area contributed by atoms with Crippen molar-refractivity contribution in [3.05, 3.63) is 33.8 Å². The lowest BCUT2D eigenvalue weighted by Crippen LogP contribution is -2.31. The Kier molecular flexibility index (Phi) is 4.14. The largest absolute Gasteiger partial charge is 0.368 e. The van der Waals surface area contributed by atoms with Crippen LogP contribution < -0.4 is 0 Å². The fraction of sp³-hybridized carbons (Fsp3) is 0.364. The van der Waals surface area contributed by atoms with E-state index in [0.717, 1.165) is 5.75 Å². The van der Waals surface area contributed by atoms with Crippen LogP contribution in [0.3, 0.4) is 0 Å². The van der Waals surface area contributed by atoms with Crippen LogP contribution >= 0.6 is 35.0 Å². The number of halogens is 2. The number of carbonyl (C=O) groups is 1.